The molecule has 0 aromatic heterocycles. The largest absolute Gasteiger partial charge is 0.495 e. The molecule has 0 atom stereocenters. The van der Waals surface area contributed by atoms with E-state index in [-0.39, 0.29) is 16.6 Å². The number of hydrogen-bond acceptors (Lipinski definition) is 4. The monoisotopic (exact) mass is 394 g/mol. The Kier molecular flexibility index (Phi) is 5.11. The molecular weight excluding hydrogens is 376 g/mol. The molecule has 1 fully saturated rings. The Balaban J connectivity index is 2.02. The van der Waals surface area contributed by atoms with Gasteiger partial charge in [0.1, 0.15) is 10.6 Å². The predicted molar refractivity (Wildman–Crippen MR) is 102 cm³/mol. The van der Waals surface area contributed by atoms with Gasteiger partial charge in [-0.05, 0) is 49.2 Å². The molecule has 2 aromatic rings. The SMILES string of the molecule is COc1ccc(N2CCCC2=O)cc1S(=O)(=O)Nc1cccc(Cl)c1C. The van der Waals surface area contributed by atoms with E-state index in [0.717, 1.165) is 6.42 Å². The number of carbonyl (C=O) groups is 1. The summed E-state index contributed by atoms with van der Waals surface area (Å²) in [5.41, 5.74) is 1.56. The first-order chi connectivity index (χ1) is 12.3. The number of anilines is 2. The number of rotatable bonds is 5. The zero-order valence-electron chi connectivity index (χ0n) is 14.5. The number of halogens is 1. The van der Waals surface area contributed by atoms with Gasteiger partial charge in [-0.3, -0.25) is 9.52 Å². The number of sulfonamides is 1. The van der Waals surface area contributed by atoms with E-state index in [1.165, 1.54) is 13.2 Å². The van der Waals surface area contributed by atoms with Gasteiger partial charge < -0.3 is 9.64 Å². The van der Waals surface area contributed by atoms with Crippen molar-refractivity contribution in [3.05, 3.63) is 47.0 Å². The number of nitrogens with zero attached hydrogens (tertiary/aromatic N) is 1. The standard InChI is InChI=1S/C18H19ClN2O4S/c1-12-14(19)5-3-6-15(12)20-26(23,24)17-11-13(8-9-16(17)25-2)21-10-4-7-18(21)22/h3,5-6,8-9,11,20H,4,7,10H2,1-2H3. The van der Waals surface area contributed by atoms with Crippen LogP contribution in [0.4, 0.5) is 11.4 Å². The molecule has 0 bridgehead atoms. The highest BCUT2D eigenvalue weighted by Gasteiger charge is 2.26. The summed E-state index contributed by atoms with van der Waals surface area (Å²) in [5, 5.41) is 0.466. The van der Waals surface area contributed by atoms with Crippen molar-refractivity contribution in [2.45, 2.75) is 24.7 Å². The van der Waals surface area contributed by atoms with Crippen LogP contribution in [0, 0.1) is 6.92 Å². The van der Waals surface area contributed by atoms with E-state index in [0.29, 0.717) is 34.9 Å². The van der Waals surface area contributed by atoms with Crippen molar-refractivity contribution in [3.8, 4) is 5.75 Å². The molecule has 1 aliphatic rings. The summed E-state index contributed by atoms with van der Waals surface area (Å²) in [4.78, 5) is 13.5. The topological polar surface area (TPSA) is 75.7 Å². The molecule has 0 aliphatic carbocycles. The molecule has 138 valence electrons. The van der Waals surface area contributed by atoms with Gasteiger partial charge in [0.2, 0.25) is 5.91 Å². The Bertz CT molecular complexity index is 960. The first-order valence-electron chi connectivity index (χ1n) is 8.10. The third-order valence-electron chi connectivity index (χ3n) is 4.33. The van der Waals surface area contributed by atoms with E-state index < -0.39 is 10.0 Å². The molecule has 0 saturated carbocycles. The van der Waals surface area contributed by atoms with Crippen molar-refractivity contribution in [3.63, 3.8) is 0 Å². The first-order valence-corrected chi connectivity index (χ1v) is 9.96. The summed E-state index contributed by atoms with van der Waals surface area (Å²) >= 11 is 6.07. The Morgan fingerprint density at radius 3 is 2.65 bits per heavy atom. The van der Waals surface area contributed by atoms with E-state index in [1.54, 1.807) is 42.2 Å². The highest BCUT2D eigenvalue weighted by molar-refractivity contribution is 7.92. The van der Waals surface area contributed by atoms with Gasteiger partial charge >= 0.3 is 0 Å². The van der Waals surface area contributed by atoms with Crippen LogP contribution in [-0.4, -0.2) is 28.0 Å². The molecule has 1 heterocycles. The second kappa shape index (κ2) is 7.17. The molecule has 8 heteroatoms. The van der Waals surface area contributed by atoms with Crippen LogP contribution in [0.2, 0.25) is 5.02 Å². The Morgan fingerprint density at radius 2 is 2.00 bits per heavy atom. The molecular formula is C18H19ClN2O4S. The van der Waals surface area contributed by atoms with Crippen molar-refractivity contribution in [2.75, 3.05) is 23.3 Å². The Morgan fingerprint density at radius 1 is 1.23 bits per heavy atom. The zero-order valence-corrected chi connectivity index (χ0v) is 16.0. The maximum absolute atomic E-state index is 13.0. The number of carbonyl (C=O) groups excluding carboxylic acids is 1. The molecule has 1 amide bonds. The van der Waals surface area contributed by atoms with Gasteiger partial charge in [0.15, 0.2) is 0 Å². The predicted octanol–water partition coefficient (Wildman–Crippen LogP) is 3.58. The summed E-state index contributed by atoms with van der Waals surface area (Å²) in [6.07, 6.45) is 1.22. The van der Waals surface area contributed by atoms with E-state index in [9.17, 15) is 13.2 Å². The fourth-order valence-corrected chi connectivity index (χ4v) is 4.37. The van der Waals surface area contributed by atoms with E-state index in [2.05, 4.69) is 4.72 Å². The number of hydrogen-bond donors (Lipinski definition) is 1. The number of ether oxygens (including phenoxy) is 1. The van der Waals surface area contributed by atoms with Crippen LogP contribution in [0.1, 0.15) is 18.4 Å². The minimum absolute atomic E-state index is 0.0165. The lowest BCUT2D eigenvalue weighted by atomic mass is 10.2. The van der Waals surface area contributed by atoms with Gasteiger partial charge in [-0.15, -0.1) is 0 Å². The molecule has 0 radical (unpaired) electrons. The second-order valence-electron chi connectivity index (χ2n) is 6.00. The number of benzene rings is 2. The number of amides is 1. The summed E-state index contributed by atoms with van der Waals surface area (Å²) in [7, 11) is -2.53. The smallest absolute Gasteiger partial charge is 0.265 e. The maximum atomic E-state index is 13.0. The quantitative estimate of drug-likeness (QED) is 0.840. The van der Waals surface area contributed by atoms with Crippen LogP contribution < -0.4 is 14.4 Å². The normalized spacial score (nSPS) is 14.6. The highest BCUT2D eigenvalue weighted by Crippen LogP contribution is 2.33. The van der Waals surface area contributed by atoms with Crippen LogP contribution in [-0.2, 0) is 14.8 Å². The second-order valence-corrected chi connectivity index (χ2v) is 8.06. The molecule has 1 N–H and O–H groups in total. The lowest BCUT2D eigenvalue weighted by Gasteiger charge is -2.19. The maximum Gasteiger partial charge on any atom is 0.265 e. The molecule has 1 aliphatic heterocycles. The molecule has 0 unspecified atom stereocenters. The first kappa shape index (κ1) is 18.5. The zero-order chi connectivity index (χ0) is 18.9. The summed E-state index contributed by atoms with van der Waals surface area (Å²) in [5.74, 6) is 0.185. The lowest BCUT2D eigenvalue weighted by molar-refractivity contribution is -0.117. The summed E-state index contributed by atoms with van der Waals surface area (Å²) in [6, 6.07) is 9.70. The number of methoxy groups -OCH3 is 1. The van der Waals surface area contributed by atoms with Gasteiger partial charge in [0.05, 0.1) is 12.8 Å². The molecule has 3 rings (SSSR count). The lowest BCUT2D eigenvalue weighted by Crippen LogP contribution is -2.24. The molecule has 0 spiro atoms. The van der Waals surface area contributed by atoms with Crippen LogP contribution in [0.25, 0.3) is 0 Å². The fraction of sp³-hybridized carbons (Fsp3) is 0.278. The average molecular weight is 395 g/mol. The average Bonchev–Trinajstić information content (AvgIpc) is 3.04. The van der Waals surface area contributed by atoms with Gasteiger partial charge in [-0.25, -0.2) is 8.42 Å². The molecule has 6 nitrogen and oxygen atoms in total. The highest BCUT2D eigenvalue weighted by atomic mass is 35.5. The van der Waals surface area contributed by atoms with Gasteiger partial charge in [-0.1, -0.05) is 17.7 Å². The summed E-state index contributed by atoms with van der Waals surface area (Å²) in [6.45, 7) is 2.31. The number of nitrogens with one attached hydrogen (secondary N) is 1. The Hall–Kier alpha value is -2.25. The molecule has 26 heavy (non-hydrogen) atoms. The fourth-order valence-electron chi connectivity index (χ4n) is 2.88. The van der Waals surface area contributed by atoms with Crippen LogP contribution >= 0.6 is 11.6 Å². The summed E-state index contributed by atoms with van der Waals surface area (Å²) < 4.78 is 33.7. The molecule has 2 aromatic carbocycles. The van der Waals surface area contributed by atoms with E-state index in [4.69, 9.17) is 16.3 Å². The minimum Gasteiger partial charge on any atom is -0.495 e. The van der Waals surface area contributed by atoms with E-state index in [1.807, 2.05) is 0 Å². The third-order valence-corrected chi connectivity index (χ3v) is 6.13. The van der Waals surface area contributed by atoms with Gasteiger partial charge in [0, 0.05) is 23.7 Å². The van der Waals surface area contributed by atoms with Crippen molar-refractivity contribution in [1.29, 1.82) is 0 Å². The van der Waals surface area contributed by atoms with Crippen LogP contribution in [0.15, 0.2) is 41.3 Å². The van der Waals surface area contributed by atoms with Crippen molar-refractivity contribution < 1.29 is 17.9 Å². The van der Waals surface area contributed by atoms with Crippen molar-refractivity contribution >= 4 is 38.9 Å². The minimum atomic E-state index is -3.94. The molecule has 1 saturated heterocycles. The Labute approximate surface area is 157 Å². The van der Waals surface area contributed by atoms with E-state index >= 15 is 0 Å². The van der Waals surface area contributed by atoms with Crippen molar-refractivity contribution in [2.24, 2.45) is 0 Å². The van der Waals surface area contributed by atoms with Crippen LogP contribution in [0.5, 0.6) is 5.75 Å². The van der Waals surface area contributed by atoms with Gasteiger partial charge in [0.25, 0.3) is 10.0 Å². The van der Waals surface area contributed by atoms with Crippen LogP contribution in [0.3, 0.4) is 0 Å². The van der Waals surface area contributed by atoms with Gasteiger partial charge in [-0.2, -0.15) is 0 Å². The van der Waals surface area contributed by atoms with Crippen molar-refractivity contribution in [1.82, 2.24) is 0 Å². The third kappa shape index (κ3) is 3.50.